The second-order valence-electron chi connectivity index (χ2n) is 5.22. The number of hydrogen-bond acceptors (Lipinski definition) is 3. The Morgan fingerprint density at radius 1 is 1.29 bits per heavy atom. The minimum absolute atomic E-state index is 0.279. The van der Waals surface area contributed by atoms with Gasteiger partial charge in [0.2, 0.25) is 0 Å². The topological polar surface area (TPSA) is 80.0 Å². The first-order valence-corrected chi connectivity index (χ1v) is 6.81. The van der Waals surface area contributed by atoms with Gasteiger partial charge in [0.25, 0.3) is 5.91 Å². The van der Waals surface area contributed by atoms with Crippen LogP contribution in [0.15, 0.2) is 36.7 Å². The van der Waals surface area contributed by atoms with E-state index in [0.29, 0.717) is 18.8 Å². The molecule has 0 atom stereocenters. The van der Waals surface area contributed by atoms with Crippen molar-refractivity contribution in [1.29, 1.82) is 0 Å². The fourth-order valence-electron chi connectivity index (χ4n) is 2.58. The zero-order valence-electron chi connectivity index (χ0n) is 11.4. The first-order valence-electron chi connectivity index (χ1n) is 6.81. The summed E-state index contributed by atoms with van der Waals surface area (Å²) in [6.45, 7) is 0.675. The van der Waals surface area contributed by atoms with Crippen molar-refractivity contribution in [3.05, 3.63) is 42.2 Å². The monoisotopic (exact) mass is 288 g/mol. The zero-order valence-corrected chi connectivity index (χ0v) is 11.4. The van der Waals surface area contributed by atoms with Crippen molar-refractivity contribution < 1.29 is 19.4 Å². The third-order valence-electron chi connectivity index (χ3n) is 3.88. The molecular formula is C15H16N2O4. The molecule has 6 heteroatoms. The fraction of sp³-hybridized carbons (Fsp3) is 0.333. The van der Waals surface area contributed by atoms with E-state index >= 15 is 0 Å². The highest BCUT2D eigenvalue weighted by molar-refractivity contribution is 5.99. The SMILES string of the molecule is O=C(NC1(C(=O)O)CCOCC1)c1cc2ccccn2c1. The normalized spacial score (nSPS) is 17.5. The van der Waals surface area contributed by atoms with Crippen LogP contribution in [-0.4, -0.2) is 40.1 Å². The maximum atomic E-state index is 12.4. The number of aromatic nitrogens is 1. The Balaban J connectivity index is 1.85. The lowest BCUT2D eigenvalue weighted by atomic mass is 9.90. The van der Waals surface area contributed by atoms with Crippen LogP contribution in [0.5, 0.6) is 0 Å². The average molecular weight is 288 g/mol. The Kier molecular flexibility index (Phi) is 3.39. The van der Waals surface area contributed by atoms with E-state index in [4.69, 9.17) is 4.74 Å². The number of carbonyl (C=O) groups excluding carboxylic acids is 1. The third-order valence-corrected chi connectivity index (χ3v) is 3.88. The van der Waals surface area contributed by atoms with E-state index in [-0.39, 0.29) is 18.7 Å². The van der Waals surface area contributed by atoms with E-state index in [0.717, 1.165) is 5.52 Å². The number of aliphatic carboxylic acids is 1. The molecule has 1 aliphatic rings. The molecule has 110 valence electrons. The standard InChI is InChI=1S/C15H16N2O4/c18-13(11-9-12-3-1-2-6-17(12)10-11)16-15(14(19)20)4-7-21-8-5-15/h1-3,6,9-10H,4-5,7-8H2,(H,16,18)(H,19,20). The molecule has 0 radical (unpaired) electrons. The first kappa shape index (κ1) is 13.6. The van der Waals surface area contributed by atoms with Crippen LogP contribution in [-0.2, 0) is 9.53 Å². The number of carbonyl (C=O) groups is 2. The van der Waals surface area contributed by atoms with Crippen LogP contribution < -0.4 is 5.32 Å². The van der Waals surface area contributed by atoms with Crippen LogP contribution in [0, 0.1) is 0 Å². The highest BCUT2D eigenvalue weighted by Crippen LogP contribution is 2.22. The van der Waals surface area contributed by atoms with E-state index in [9.17, 15) is 14.7 Å². The van der Waals surface area contributed by atoms with Gasteiger partial charge in [0.05, 0.1) is 5.56 Å². The molecule has 0 aromatic carbocycles. The summed E-state index contributed by atoms with van der Waals surface area (Å²) in [6.07, 6.45) is 4.09. The Morgan fingerprint density at radius 3 is 2.71 bits per heavy atom. The molecule has 0 spiro atoms. The summed E-state index contributed by atoms with van der Waals surface area (Å²) in [7, 11) is 0. The number of carboxylic acid groups (broad SMARTS) is 1. The van der Waals surface area contributed by atoms with E-state index in [1.807, 2.05) is 28.8 Å². The molecule has 2 aromatic heterocycles. The summed E-state index contributed by atoms with van der Waals surface area (Å²) in [5.74, 6) is -1.38. The van der Waals surface area contributed by atoms with Gasteiger partial charge in [0.15, 0.2) is 0 Å². The molecule has 1 aliphatic heterocycles. The molecule has 1 fully saturated rings. The summed E-state index contributed by atoms with van der Waals surface area (Å²) < 4.78 is 7.02. The van der Waals surface area contributed by atoms with Crippen molar-refractivity contribution in [2.45, 2.75) is 18.4 Å². The number of carboxylic acids is 1. The minimum Gasteiger partial charge on any atom is -0.480 e. The molecule has 0 unspecified atom stereocenters. The van der Waals surface area contributed by atoms with E-state index in [1.165, 1.54) is 0 Å². The van der Waals surface area contributed by atoms with E-state index < -0.39 is 11.5 Å². The molecule has 1 amide bonds. The first-order chi connectivity index (χ1) is 10.1. The maximum absolute atomic E-state index is 12.4. The highest BCUT2D eigenvalue weighted by atomic mass is 16.5. The quantitative estimate of drug-likeness (QED) is 0.892. The largest absolute Gasteiger partial charge is 0.480 e. The van der Waals surface area contributed by atoms with Gasteiger partial charge in [0, 0.05) is 44.0 Å². The maximum Gasteiger partial charge on any atom is 0.329 e. The summed E-state index contributed by atoms with van der Waals surface area (Å²) in [5.41, 5.74) is 0.107. The van der Waals surface area contributed by atoms with Crippen molar-refractivity contribution in [3.63, 3.8) is 0 Å². The Labute approximate surface area is 121 Å². The van der Waals surface area contributed by atoms with Gasteiger partial charge >= 0.3 is 5.97 Å². The Bertz CT molecular complexity index is 653. The summed E-state index contributed by atoms with van der Waals surface area (Å²) in [4.78, 5) is 23.9. The molecule has 6 nitrogen and oxygen atoms in total. The van der Waals surface area contributed by atoms with Crippen molar-refractivity contribution in [2.75, 3.05) is 13.2 Å². The molecule has 21 heavy (non-hydrogen) atoms. The summed E-state index contributed by atoms with van der Waals surface area (Å²) >= 11 is 0. The number of nitrogens with zero attached hydrogens (tertiary/aromatic N) is 1. The number of pyridine rings is 1. The zero-order chi connectivity index (χ0) is 14.9. The van der Waals surface area contributed by atoms with Gasteiger partial charge in [-0.25, -0.2) is 4.79 Å². The van der Waals surface area contributed by atoms with Crippen LogP contribution in [0.4, 0.5) is 0 Å². The predicted molar refractivity (Wildman–Crippen MR) is 75.3 cm³/mol. The molecule has 2 aromatic rings. The van der Waals surface area contributed by atoms with Gasteiger partial charge in [-0.2, -0.15) is 0 Å². The molecule has 0 aliphatic carbocycles. The van der Waals surface area contributed by atoms with Crippen molar-refractivity contribution in [3.8, 4) is 0 Å². The molecule has 2 N–H and O–H groups in total. The molecule has 1 saturated heterocycles. The number of ether oxygens (including phenoxy) is 1. The summed E-state index contributed by atoms with van der Waals surface area (Å²) in [5, 5.41) is 12.1. The molecular weight excluding hydrogens is 272 g/mol. The highest BCUT2D eigenvalue weighted by Gasteiger charge is 2.41. The number of hydrogen-bond donors (Lipinski definition) is 2. The molecule has 3 heterocycles. The van der Waals surface area contributed by atoms with Crippen molar-refractivity contribution >= 4 is 17.4 Å². The molecule has 0 bridgehead atoms. The van der Waals surface area contributed by atoms with Crippen LogP contribution in [0.1, 0.15) is 23.2 Å². The van der Waals surface area contributed by atoms with Gasteiger partial charge in [-0.1, -0.05) is 6.07 Å². The van der Waals surface area contributed by atoms with Gasteiger partial charge in [-0.05, 0) is 18.2 Å². The smallest absolute Gasteiger partial charge is 0.329 e. The van der Waals surface area contributed by atoms with Gasteiger partial charge < -0.3 is 19.6 Å². The molecule has 3 rings (SSSR count). The van der Waals surface area contributed by atoms with Crippen molar-refractivity contribution in [1.82, 2.24) is 9.72 Å². The number of amides is 1. The van der Waals surface area contributed by atoms with E-state index in [2.05, 4.69) is 5.32 Å². The lowest BCUT2D eigenvalue weighted by Crippen LogP contribution is -2.57. The number of rotatable bonds is 3. The number of fused-ring (bicyclic) bond motifs is 1. The van der Waals surface area contributed by atoms with Gasteiger partial charge in [-0.3, -0.25) is 4.79 Å². The minimum atomic E-state index is -1.23. The van der Waals surface area contributed by atoms with E-state index in [1.54, 1.807) is 12.3 Å². The van der Waals surface area contributed by atoms with Gasteiger partial charge in [0.1, 0.15) is 5.54 Å². The van der Waals surface area contributed by atoms with Crippen LogP contribution >= 0.6 is 0 Å². The lowest BCUT2D eigenvalue weighted by Gasteiger charge is -2.33. The van der Waals surface area contributed by atoms with Gasteiger partial charge in [-0.15, -0.1) is 0 Å². The summed E-state index contributed by atoms with van der Waals surface area (Å²) in [6, 6.07) is 7.38. The van der Waals surface area contributed by atoms with Crippen LogP contribution in [0.3, 0.4) is 0 Å². The molecule has 0 saturated carbocycles. The second kappa shape index (κ2) is 5.21. The van der Waals surface area contributed by atoms with Crippen molar-refractivity contribution in [2.24, 2.45) is 0 Å². The Morgan fingerprint density at radius 2 is 2.05 bits per heavy atom. The van der Waals surface area contributed by atoms with Crippen LogP contribution in [0.25, 0.3) is 5.52 Å². The third kappa shape index (κ3) is 2.50. The average Bonchev–Trinajstić information content (AvgIpc) is 2.92. The Hall–Kier alpha value is -2.34. The predicted octanol–water partition coefficient (Wildman–Crippen LogP) is 1.30. The number of nitrogens with one attached hydrogen (secondary N) is 1. The second-order valence-corrected chi connectivity index (χ2v) is 5.22. The fourth-order valence-corrected chi connectivity index (χ4v) is 2.58. The van der Waals surface area contributed by atoms with Crippen LogP contribution in [0.2, 0.25) is 0 Å². The lowest BCUT2D eigenvalue weighted by molar-refractivity contribution is -0.148.